The van der Waals surface area contributed by atoms with Crippen molar-refractivity contribution >= 4 is 17.7 Å². The molecule has 1 saturated carbocycles. The maximum absolute atomic E-state index is 12.0. The minimum atomic E-state index is -0.767. The zero-order chi connectivity index (χ0) is 16.4. The van der Waals surface area contributed by atoms with E-state index < -0.39 is 11.9 Å². The number of nitrogens with one attached hydrogen (secondary N) is 2. The Bertz CT molecular complexity index is 436. The van der Waals surface area contributed by atoms with Gasteiger partial charge in [0.25, 0.3) is 0 Å². The van der Waals surface area contributed by atoms with Gasteiger partial charge in [-0.1, -0.05) is 31.6 Å². The highest BCUT2D eigenvalue weighted by molar-refractivity contribution is 5.88. The average molecular weight is 307 g/mol. The topological polar surface area (TPSA) is 101 Å². The molecule has 6 nitrogen and oxygen atoms in total. The first kappa shape index (κ1) is 18.0. The average Bonchev–Trinajstić information content (AvgIpc) is 3.00. The number of terminal acetylenes is 1. The Labute approximate surface area is 131 Å². The van der Waals surface area contributed by atoms with Crippen molar-refractivity contribution in [2.75, 3.05) is 6.54 Å². The first-order valence-electron chi connectivity index (χ1n) is 7.81. The summed E-state index contributed by atoms with van der Waals surface area (Å²) in [5.41, 5.74) is 5.10. The molecule has 0 bridgehead atoms. The van der Waals surface area contributed by atoms with Crippen molar-refractivity contribution in [3.63, 3.8) is 0 Å². The molecule has 3 amide bonds. The van der Waals surface area contributed by atoms with Crippen LogP contribution in [0.5, 0.6) is 0 Å². The molecular weight excluding hydrogens is 282 g/mol. The Morgan fingerprint density at radius 2 is 1.91 bits per heavy atom. The molecular formula is C16H25N3O3. The van der Waals surface area contributed by atoms with Crippen molar-refractivity contribution in [3.05, 3.63) is 0 Å². The van der Waals surface area contributed by atoms with Gasteiger partial charge in [0.1, 0.15) is 6.04 Å². The van der Waals surface area contributed by atoms with E-state index >= 15 is 0 Å². The van der Waals surface area contributed by atoms with Gasteiger partial charge in [-0.3, -0.25) is 14.4 Å². The molecule has 1 aliphatic rings. The lowest BCUT2D eigenvalue weighted by molar-refractivity contribution is -0.129. The molecule has 22 heavy (non-hydrogen) atoms. The summed E-state index contributed by atoms with van der Waals surface area (Å²) in [5.74, 6) is 1.86. The number of carbonyl (C=O) groups excluding carboxylic acids is 3. The highest BCUT2D eigenvalue weighted by Gasteiger charge is 2.22. The van der Waals surface area contributed by atoms with E-state index in [0.29, 0.717) is 12.3 Å². The fourth-order valence-electron chi connectivity index (χ4n) is 2.72. The molecule has 0 unspecified atom stereocenters. The molecule has 0 saturated heterocycles. The number of nitrogens with two attached hydrogens (primary N) is 1. The maximum Gasteiger partial charge on any atom is 0.243 e. The lowest BCUT2D eigenvalue weighted by atomic mass is 10.0. The van der Waals surface area contributed by atoms with Crippen LogP contribution in [-0.2, 0) is 14.4 Å². The van der Waals surface area contributed by atoms with Crippen LogP contribution < -0.4 is 16.4 Å². The number of primary amides is 1. The highest BCUT2D eigenvalue weighted by Crippen LogP contribution is 2.28. The van der Waals surface area contributed by atoms with E-state index in [0.717, 1.165) is 6.42 Å². The molecule has 0 heterocycles. The normalized spacial score (nSPS) is 15.8. The molecule has 122 valence electrons. The largest absolute Gasteiger partial charge is 0.370 e. The Balaban J connectivity index is 2.42. The van der Waals surface area contributed by atoms with Gasteiger partial charge in [0.2, 0.25) is 17.7 Å². The molecule has 4 N–H and O–H groups in total. The predicted octanol–water partition coefficient (Wildman–Crippen LogP) is 0.456. The fraction of sp³-hybridized carbons (Fsp3) is 0.688. The molecule has 6 heteroatoms. The van der Waals surface area contributed by atoms with Gasteiger partial charge in [-0.15, -0.1) is 6.42 Å². The Morgan fingerprint density at radius 3 is 2.50 bits per heavy atom. The van der Waals surface area contributed by atoms with Gasteiger partial charge in [0.15, 0.2) is 0 Å². The first-order chi connectivity index (χ1) is 10.5. The third-order valence-electron chi connectivity index (χ3n) is 3.95. The zero-order valence-corrected chi connectivity index (χ0v) is 12.9. The van der Waals surface area contributed by atoms with Crippen molar-refractivity contribution in [2.45, 2.75) is 57.4 Å². The van der Waals surface area contributed by atoms with E-state index in [2.05, 4.69) is 16.6 Å². The van der Waals surface area contributed by atoms with E-state index in [4.69, 9.17) is 12.2 Å². The third kappa shape index (κ3) is 7.11. The van der Waals surface area contributed by atoms with Gasteiger partial charge in [0, 0.05) is 12.8 Å². The smallest absolute Gasteiger partial charge is 0.243 e. The molecule has 0 radical (unpaired) electrons. The minimum absolute atomic E-state index is 0.0387. The minimum Gasteiger partial charge on any atom is -0.370 e. The van der Waals surface area contributed by atoms with Crippen molar-refractivity contribution in [1.29, 1.82) is 0 Å². The van der Waals surface area contributed by atoms with E-state index in [1.165, 1.54) is 25.7 Å². The van der Waals surface area contributed by atoms with Crippen LogP contribution in [0.15, 0.2) is 0 Å². The van der Waals surface area contributed by atoms with E-state index in [1.807, 2.05) is 0 Å². The van der Waals surface area contributed by atoms with Crippen LogP contribution in [0, 0.1) is 18.3 Å². The molecule has 1 atom stereocenters. The molecule has 0 aliphatic heterocycles. The van der Waals surface area contributed by atoms with Crippen molar-refractivity contribution in [2.24, 2.45) is 11.7 Å². The molecule has 1 fully saturated rings. The van der Waals surface area contributed by atoms with Gasteiger partial charge in [-0.05, 0) is 18.8 Å². The van der Waals surface area contributed by atoms with E-state index in [-0.39, 0.29) is 31.2 Å². The number of amides is 3. The van der Waals surface area contributed by atoms with Gasteiger partial charge < -0.3 is 16.4 Å². The fourth-order valence-corrected chi connectivity index (χ4v) is 2.72. The Hall–Kier alpha value is -2.03. The summed E-state index contributed by atoms with van der Waals surface area (Å²) in [6.45, 7) is 0.0872. The van der Waals surface area contributed by atoms with Crippen LogP contribution in [-0.4, -0.2) is 30.3 Å². The second-order valence-corrected chi connectivity index (χ2v) is 5.74. The zero-order valence-electron chi connectivity index (χ0n) is 12.9. The van der Waals surface area contributed by atoms with Gasteiger partial charge in [0.05, 0.1) is 6.54 Å². The Morgan fingerprint density at radius 1 is 1.23 bits per heavy atom. The summed E-state index contributed by atoms with van der Waals surface area (Å²) in [7, 11) is 0. The third-order valence-corrected chi connectivity index (χ3v) is 3.95. The summed E-state index contributed by atoms with van der Waals surface area (Å²) in [6, 6.07) is -0.767. The number of hydrogen-bond acceptors (Lipinski definition) is 3. The molecule has 1 rings (SSSR count). The number of rotatable bonds is 9. The summed E-state index contributed by atoms with van der Waals surface area (Å²) >= 11 is 0. The molecule has 0 aromatic rings. The lowest BCUT2D eigenvalue weighted by Crippen LogP contribution is -2.47. The second kappa shape index (κ2) is 9.82. The first-order valence-corrected chi connectivity index (χ1v) is 7.81. The monoisotopic (exact) mass is 307 g/mol. The Kier molecular flexibility index (Phi) is 8.05. The van der Waals surface area contributed by atoms with Crippen LogP contribution in [0.2, 0.25) is 0 Å². The van der Waals surface area contributed by atoms with Crippen LogP contribution >= 0.6 is 0 Å². The summed E-state index contributed by atoms with van der Waals surface area (Å²) in [6.07, 6.45) is 11.4. The second-order valence-electron chi connectivity index (χ2n) is 5.74. The van der Waals surface area contributed by atoms with Crippen molar-refractivity contribution in [3.8, 4) is 12.3 Å². The standard InChI is InChI=1S/C16H25N3O3/c1-2-11-18-16(22)13(8-9-14(17)20)19-15(21)10-7-12-5-3-4-6-12/h1,12-13H,3-11H2,(H2,17,20)(H,18,22)(H,19,21)/t13-/m0/s1. The summed E-state index contributed by atoms with van der Waals surface area (Å²) < 4.78 is 0. The summed E-state index contributed by atoms with van der Waals surface area (Å²) in [5, 5.41) is 5.19. The van der Waals surface area contributed by atoms with Gasteiger partial charge in [-0.25, -0.2) is 0 Å². The van der Waals surface area contributed by atoms with Gasteiger partial charge >= 0.3 is 0 Å². The van der Waals surface area contributed by atoms with Gasteiger partial charge in [-0.2, -0.15) is 0 Å². The maximum atomic E-state index is 12.0. The molecule has 0 spiro atoms. The quantitative estimate of drug-likeness (QED) is 0.539. The van der Waals surface area contributed by atoms with Crippen LogP contribution in [0.1, 0.15) is 51.4 Å². The van der Waals surface area contributed by atoms with Crippen LogP contribution in [0.3, 0.4) is 0 Å². The summed E-state index contributed by atoms with van der Waals surface area (Å²) in [4.78, 5) is 34.8. The number of carbonyl (C=O) groups is 3. The lowest BCUT2D eigenvalue weighted by Gasteiger charge is -2.18. The molecule has 0 aromatic heterocycles. The van der Waals surface area contributed by atoms with E-state index in [9.17, 15) is 14.4 Å². The highest BCUT2D eigenvalue weighted by atomic mass is 16.2. The predicted molar refractivity (Wildman–Crippen MR) is 83.4 cm³/mol. The van der Waals surface area contributed by atoms with E-state index in [1.54, 1.807) is 0 Å². The van der Waals surface area contributed by atoms with Crippen LogP contribution in [0.25, 0.3) is 0 Å². The van der Waals surface area contributed by atoms with Crippen molar-refractivity contribution < 1.29 is 14.4 Å². The SMILES string of the molecule is C#CCNC(=O)[C@H](CCC(N)=O)NC(=O)CCC1CCCC1. The molecule has 1 aliphatic carbocycles. The van der Waals surface area contributed by atoms with Crippen molar-refractivity contribution in [1.82, 2.24) is 10.6 Å². The van der Waals surface area contributed by atoms with Crippen LogP contribution in [0.4, 0.5) is 0 Å². The number of hydrogen-bond donors (Lipinski definition) is 3. The molecule has 0 aromatic carbocycles.